The maximum absolute atomic E-state index is 13.0. The highest BCUT2D eigenvalue weighted by Crippen LogP contribution is 2.23. The lowest BCUT2D eigenvalue weighted by molar-refractivity contribution is 0.0933. The molecule has 4 aromatic rings. The van der Waals surface area contributed by atoms with Gasteiger partial charge in [-0.1, -0.05) is 24.3 Å². The predicted molar refractivity (Wildman–Crippen MR) is 124 cm³/mol. The average Bonchev–Trinajstić information content (AvgIpc) is 3.26. The second kappa shape index (κ2) is 8.61. The Kier molecular flexibility index (Phi) is 5.50. The van der Waals surface area contributed by atoms with Crippen LogP contribution in [-0.4, -0.2) is 33.4 Å². The molecule has 1 N–H and O–H groups in total. The molecule has 0 saturated heterocycles. The quantitative estimate of drug-likeness (QED) is 0.508. The van der Waals surface area contributed by atoms with Crippen LogP contribution >= 0.6 is 0 Å². The van der Waals surface area contributed by atoms with Crippen LogP contribution in [-0.2, 0) is 19.5 Å². The van der Waals surface area contributed by atoms with Gasteiger partial charge in [-0.15, -0.1) is 0 Å². The zero-order valence-corrected chi connectivity index (χ0v) is 18.7. The number of amides is 1. The summed E-state index contributed by atoms with van der Waals surface area (Å²) in [5, 5.41) is 8.61. The van der Waals surface area contributed by atoms with Crippen LogP contribution in [0.5, 0.6) is 5.75 Å². The van der Waals surface area contributed by atoms with Crippen LogP contribution in [0.15, 0.2) is 57.7 Å². The van der Waals surface area contributed by atoms with E-state index < -0.39 is 0 Å². The number of nitrogens with zero attached hydrogens (tertiary/aromatic N) is 3. The van der Waals surface area contributed by atoms with Gasteiger partial charge in [-0.25, -0.2) is 9.48 Å². The molecule has 1 aliphatic rings. The summed E-state index contributed by atoms with van der Waals surface area (Å²) in [6.07, 6.45) is 2.00. The molecule has 5 rings (SSSR count). The summed E-state index contributed by atoms with van der Waals surface area (Å²) < 4.78 is 14.2. The molecular weight excluding hydrogens is 420 g/mol. The molecule has 0 saturated carbocycles. The van der Waals surface area contributed by atoms with Gasteiger partial charge < -0.3 is 14.5 Å². The van der Waals surface area contributed by atoms with Crippen molar-refractivity contribution in [3.8, 4) is 5.75 Å². The molecule has 0 fully saturated rings. The van der Waals surface area contributed by atoms with Gasteiger partial charge in [-0.3, -0.25) is 9.36 Å². The molecule has 33 heavy (non-hydrogen) atoms. The van der Waals surface area contributed by atoms with Crippen molar-refractivity contribution < 1.29 is 13.9 Å². The minimum atomic E-state index is -0.157. The smallest absolute Gasteiger partial charge is 0.346 e. The van der Waals surface area contributed by atoms with E-state index in [1.165, 1.54) is 4.68 Å². The average molecular weight is 447 g/mol. The molecule has 1 atom stereocenters. The Morgan fingerprint density at radius 3 is 2.91 bits per heavy atom. The number of nitrogens with one attached hydrogen (secondary N) is 1. The normalized spacial score (nSPS) is 15.8. The summed E-state index contributed by atoms with van der Waals surface area (Å²) in [6.45, 7) is 2.78. The molecule has 1 aliphatic heterocycles. The summed E-state index contributed by atoms with van der Waals surface area (Å²) in [5.41, 5.74) is 1.96. The molecule has 0 radical (unpaired) electrons. The second-order valence-electron chi connectivity index (χ2n) is 8.44. The fourth-order valence-electron chi connectivity index (χ4n) is 4.45. The number of ether oxygens (including phenoxy) is 1. The van der Waals surface area contributed by atoms with Gasteiger partial charge in [0.15, 0.2) is 0 Å². The first-order valence-corrected chi connectivity index (χ1v) is 11.1. The molecule has 2 aromatic carbocycles. The van der Waals surface area contributed by atoms with Gasteiger partial charge in [-0.2, -0.15) is 5.10 Å². The molecular formula is C25H26N4O4. The number of methoxy groups -OCH3 is 1. The summed E-state index contributed by atoms with van der Waals surface area (Å²) >= 11 is 0. The van der Waals surface area contributed by atoms with Crippen LogP contribution < -0.4 is 15.7 Å². The first kappa shape index (κ1) is 21.1. The van der Waals surface area contributed by atoms with Gasteiger partial charge in [0.1, 0.15) is 22.9 Å². The number of carbonyl (C=O) groups excluding carboxylic acids is 1. The van der Waals surface area contributed by atoms with E-state index in [-0.39, 0.29) is 17.6 Å². The number of benzene rings is 2. The van der Waals surface area contributed by atoms with Crippen LogP contribution in [0, 0.1) is 6.92 Å². The molecule has 2 aromatic heterocycles. The van der Waals surface area contributed by atoms with E-state index in [0.29, 0.717) is 43.5 Å². The number of hydrogen-bond acceptors (Lipinski definition) is 5. The summed E-state index contributed by atoms with van der Waals surface area (Å²) in [5.74, 6) is 2.12. The van der Waals surface area contributed by atoms with E-state index >= 15 is 0 Å². The third-order valence-corrected chi connectivity index (χ3v) is 6.13. The van der Waals surface area contributed by atoms with Crippen molar-refractivity contribution in [1.29, 1.82) is 0 Å². The van der Waals surface area contributed by atoms with E-state index in [0.717, 1.165) is 28.3 Å². The van der Waals surface area contributed by atoms with Crippen LogP contribution in [0.2, 0.25) is 0 Å². The standard InChI is InChI=1S/C25H26N4O4/c1-16-13-18-6-4-8-21(23(18)33-16)24(30)26-19-9-10-22-27-29(25(31)28(22)12-11-19)15-17-5-3-7-20(14-17)32-2/h3-8,13-14,19H,9-12,15H2,1-2H3,(H,26,30). The topological polar surface area (TPSA) is 91.3 Å². The zero-order valence-electron chi connectivity index (χ0n) is 18.7. The van der Waals surface area contributed by atoms with Crippen LogP contribution in [0.4, 0.5) is 0 Å². The summed E-state index contributed by atoms with van der Waals surface area (Å²) in [7, 11) is 1.62. The monoisotopic (exact) mass is 446 g/mol. The second-order valence-corrected chi connectivity index (χ2v) is 8.44. The Labute approximate surface area is 190 Å². The third kappa shape index (κ3) is 4.16. The van der Waals surface area contributed by atoms with Crippen molar-refractivity contribution in [3.05, 3.63) is 81.7 Å². The van der Waals surface area contributed by atoms with Gasteiger partial charge in [0.25, 0.3) is 5.91 Å². The van der Waals surface area contributed by atoms with Crippen molar-refractivity contribution in [2.75, 3.05) is 7.11 Å². The van der Waals surface area contributed by atoms with Crippen molar-refractivity contribution >= 4 is 16.9 Å². The number of aromatic nitrogens is 3. The molecule has 3 heterocycles. The predicted octanol–water partition coefficient (Wildman–Crippen LogP) is 3.29. The highest BCUT2D eigenvalue weighted by Gasteiger charge is 2.23. The molecule has 170 valence electrons. The Bertz CT molecular complexity index is 1380. The molecule has 8 heteroatoms. The fraction of sp³-hybridized carbons (Fsp3) is 0.320. The number of furan rings is 1. The van der Waals surface area contributed by atoms with Crippen molar-refractivity contribution in [3.63, 3.8) is 0 Å². The first-order chi connectivity index (χ1) is 16.0. The minimum absolute atomic E-state index is 0.0447. The molecule has 0 aliphatic carbocycles. The number of rotatable bonds is 5. The minimum Gasteiger partial charge on any atom is -0.497 e. The summed E-state index contributed by atoms with van der Waals surface area (Å²) in [4.78, 5) is 25.9. The number of carbonyl (C=O) groups is 1. The van der Waals surface area contributed by atoms with Gasteiger partial charge in [-0.05, 0) is 49.6 Å². The first-order valence-electron chi connectivity index (χ1n) is 11.1. The van der Waals surface area contributed by atoms with E-state index in [9.17, 15) is 9.59 Å². The van der Waals surface area contributed by atoms with Gasteiger partial charge in [0, 0.05) is 24.4 Å². The number of hydrogen-bond donors (Lipinski definition) is 1. The maximum atomic E-state index is 13.0. The number of aryl methyl sites for hydroxylation is 2. The van der Waals surface area contributed by atoms with Crippen LogP contribution in [0.25, 0.3) is 11.0 Å². The Morgan fingerprint density at radius 2 is 2.06 bits per heavy atom. The largest absolute Gasteiger partial charge is 0.497 e. The lowest BCUT2D eigenvalue weighted by atomic mass is 10.1. The summed E-state index contributed by atoms with van der Waals surface area (Å²) in [6, 6.07) is 15.1. The molecule has 1 unspecified atom stereocenters. The van der Waals surface area contributed by atoms with Crippen molar-refractivity contribution in [2.45, 2.75) is 45.3 Å². The Hall–Kier alpha value is -3.81. The van der Waals surface area contributed by atoms with E-state index in [1.54, 1.807) is 17.7 Å². The lowest BCUT2D eigenvalue weighted by Gasteiger charge is -2.16. The molecule has 0 bridgehead atoms. The Balaban J connectivity index is 1.28. The van der Waals surface area contributed by atoms with E-state index in [4.69, 9.17) is 9.15 Å². The third-order valence-electron chi connectivity index (χ3n) is 6.13. The lowest BCUT2D eigenvalue weighted by Crippen LogP contribution is -2.36. The molecule has 8 nitrogen and oxygen atoms in total. The molecule has 0 spiro atoms. The van der Waals surface area contributed by atoms with Gasteiger partial charge in [0.2, 0.25) is 0 Å². The van der Waals surface area contributed by atoms with E-state index in [1.807, 2.05) is 49.4 Å². The number of para-hydroxylation sites is 1. The maximum Gasteiger partial charge on any atom is 0.346 e. The Morgan fingerprint density at radius 1 is 1.21 bits per heavy atom. The van der Waals surface area contributed by atoms with Crippen LogP contribution in [0.1, 0.15) is 40.3 Å². The van der Waals surface area contributed by atoms with Gasteiger partial charge >= 0.3 is 5.69 Å². The zero-order chi connectivity index (χ0) is 22.9. The van der Waals surface area contributed by atoms with Crippen molar-refractivity contribution in [2.24, 2.45) is 0 Å². The SMILES string of the molecule is COc1cccc(Cn2nc3n(c2=O)CCC(NC(=O)c2cccc4cc(C)oc24)CC3)c1. The fourth-order valence-corrected chi connectivity index (χ4v) is 4.45. The number of fused-ring (bicyclic) bond motifs is 2. The highest BCUT2D eigenvalue weighted by molar-refractivity contribution is 6.05. The van der Waals surface area contributed by atoms with E-state index in [2.05, 4.69) is 10.4 Å². The van der Waals surface area contributed by atoms with Crippen LogP contribution in [0.3, 0.4) is 0 Å². The molecule has 1 amide bonds. The van der Waals surface area contributed by atoms with Crippen molar-refractivity contribution in [1.82, 2.24) is 19.7 Å². The van der Waals surface area contributed by atoms with Gasteiger partial charge in [0.05, 0.1) is 19.2 Å². The highest BCUT2D eigenvalue weighted by atomic mass is 16.5.